The van der Waals surface area contributed by atoms with E-state index in [4.69, 9.17) is 0 Å². The molecule has 2 N–H and O–H groups in total. The molecule has 0 unspecified atom stereocenters. The number of aromatic nitrogens is 6. The lowest BCUT2D eigenvalue weighted by Gasteiger charge is -2.19. The summed E-state index contributed by atoms with van der Waals surface area (Å²) in [6.45, 7) is 21.5. The summed E-state index contributed by atoms with van der Waals surface area (Å²) in [6, 6.07) is 19.5. The zero-order valence-corrected chi connectivity index (χ0v) is 33.6. The van der Waals surface area contributed by atoms with E-state index in [0.717, 1.165) is 59.7 Å². The number of benzene rings is 1. The number of aromatic hydroxyl groups is 1. The number of pyridine rings is 3. The number of aryl methyl sites for hydroxylation is 1. The van der Waals surface area contributed by atoms with E-state index in [1.54, 1.807) is 12.3 Å². The highest BCUT2D eigenvalue weighted by molar-refractivity contribution is 9.11. The molecule has 0 radical (unpaired) electrons. The van der Waals surface area contributed by atoms with Gasteiger partial charge in [0.25, 0.3) is 0 Å². The van der Waals surface area contributed by atoms with Gasteiger partial charge < -0.3 is 5.11 Å². The van der Waals surface area contributed by atoms with Crippen LogP contribution >= 0.6 is 47.8 Å². The number of nitrogens with one attached hydrogen (secondary N) is 1. The molecule has 0 saturated heterocycles. The highest BCUT2D eigenvalue weighted by Gasteiger charge is 2.19. The van der Waals surface area contributed by atoms with Crippen molar-refractivity contribution in [2.45, 2.75) is 91.9 Å². The van der Waals surface area contributed by atoms with Gasteiger partial charge in [0.15, 0.2) is 0 Å². The molecule has 0 fully saturated rings. The minimum absolute atomic E-state index is 0.0161. The molecule has 1 aromatic carbocycles. The van der Waals surface area contributed by atoms with Gasteiger partial charge in [-0.25, -0.2) is 15.0 Å². The van der Waals surface area contributed by atoms with E-state index in [1.807, 2.05) is 42.5 Å². The number of nitrogens with zero attached hydrogens (tertiary/aromatic N) is 5. The molecule has 10 heteroatoms. The Bertz CT molecular complexity index is 1770. The first-order valence-electron chi connectivity index (χ1n) is 15.5. The smallest absolute Gasteiger partial charge is 0.123 e. The first-order valence-corrected chi connectivity index (χ1v) is 17.8. The number of aromatic amines is 1. The van der Waals surface area contributed by atoms with Crippen LogP contribution in [0.2, 0.25) is 0 Å². The molecule has 5 rings (SSSR count). The number of H-pyrrole nitrogens is 1. The van der Waals surface area contributed by atoms with Gasteiger partial charge >= 0.3 is 0 Å². The van der Waals surface area contributed by atoms with Crippen molar-refractivity contribution < 1.29 is 5.11 Å². The van der Waals surface area contributed by atoms with Crippen LogP contribution in [0.5, 0.6) is 5.75 Å². The minimum Gasteiger partial charge on any atom is -0.507 e. The van der Waals surface area contributed by atoms with Crippen LogP contribution in [0.1, 0.15) is 91.9 Å². The van der Waals surface area contributed by atoms with Crippen LogP contribution in [0.3, 0.4) is 0 Å². The van der Waals surface area contributed by atoms with Gasteiger partial charge in [-0.15, -0.1) is 0 Å². The Morgan fingerprint density at radius 1 is 0.638 bits per heavy atom. The van der Waals surface area contributed by atoms with Gasteiger partial charge in [-0.1, -0.05) is 87.4 Å². The summed E-state index contributed by atoms with van der Waals surface area (Å²) in [5, 5.41) is 20.4. The Labute approximate surface area is 304 Å². The largest absolute Gasteiger partial charge is 0.507 e. The Hall–Kier alpha value is -2.95. The predicted molar refractivity (Wildman–Crippen MR) is 204 cm³/mol. The van der Waals surface area contributed by atoms with E-state index in [2.05, 4.69) is 160 Å². The molecule has 0 amide bonds. The zero-order chi connectivity index (χ0) is 35.2. The molecule has 0 aliphatic carbocycles. The number of hydrogen-bond acceptors (Lipinski definition) is 6. The summed E-state index contributed by atoms with van der Waals surface area (Å²) in [4.78, 5) is 13.4. The van der Waals surface area contributed by atoms with Crippen LogP contribution in [0.4, 0.5) is 0 Å². The maximum Gasteiger partial charge on any atom is 0.123 e. The third-order valence-electron chi connectivity index (χ3n) is 7.08. The number of halogens is 3. The maximum atomic E-state index is 9.91. The second kappa shape index (κ2) is 16.0. The van der Waals surface area contributed by atoms with E-state index < -0.39 is 0 Å². The molecule has 0 spiro atoms. The molecule has 0 aliphatic heterocycles. The number of hydrogen-bond donors (Lipinski definition) is 2. The van der Waals surface area contributed by atoms with E-state index in [-0.39, 0.29) is 22.0 Å². The summed E-state index contributed by atoms with van der Waals surface area (Å²) in [6.07, 6.45) is 2.76. The summed E-state index contributed by atoms with van der Waals surface area (Å²) < 4.78 is 2.54. The molecule has 4 aromatic heterocycles. The standard InChI is InChI=1S/C15H16BrNO.C11H13BrN4.C11H16BrN/c1-15(2,3)13-8-10(9-14(16)17-13)11-6-4-5-7-12(11)18;1-11(2,3)9-4-7(5-10(12)14-9)8-6-13-16-15-8;1-5-8-6-9(11(2,3)4)13-10(12)7-8/h4-9,18H,1-3H3;4-6H,1-3H3,(H,13,15,16);6-7H,5H2,1-4H3. The van der Waals surface area contributed by atoms with Crippen molar-refractivity contribution in [2.75, 3.05) is 0 Å². The van der Waals surface area contributed by atoms with Crippen LogP contribution < -0.4 is 0 Å². The second-order valence-corrected chi connectivity index (χ2v) is 16.7. The average Bonchev–Trinajstić information content (AvgIpc) is 3.51. The molecule has 7 nitrogen and oxygen atoms in total. The Morgan fingerprint density at radius 2 is 1.11 bits per heavy atom. The number of phenols is 1. The Kier molecular flexibility index (Phi) is 13.1. The van der Waals surface area contributed by atoms with E-state index in [9.17, 15) is 5.11 Å². The molecule has 47 heavy (non-hydrogen) atoms. The van der Waals surface area contributed by atoms with Crippen molar-refractivity contribution in [1.82, 2.24) is 30.4 Å². The monoisotopic (exact) mass is 826 g/mol. The van der Waals surface area contributed by atoms with Gasteiger partial charge in [0.05, 0.1) is 6.20 Å². The molecular formula is C37H45Br3N6O. The van der Waals surface area contributed by atoms with Gasteiger partial charge in [-0.05, 0) is 108 Å². The highest BCUT2D eigenvalue weighted by Crippen LogP contribution is 2.33. The number of rotatable bonds is 3. The maximum absolute atomic E-state index is 9.91. The fraction of sp³-hybridized carbons (Fsp3) is 0.378. The van der Waals surface area contributed by atoms with Gasteiger partial charge in [0, 0.05) is 44.5 Å². The number of para-hydroxylation sites is 1. The van der Waals surface area contributed by atoms with Crippen molar-refractivity contribution in [3.63, 3.8) is 0 Å². The summed E-state index contributed by atoms with van der Waals surface area (Å²) in [7, 11) is 0. The number of phenolic OH excluding ortho intramolecular Hbond substituents is 1. The fourth-order valence-electron chi connectivity index (χ4n) is 4.26. The quantitative estimate of drug-likeness (QED) is 0.176. The molecule has 0 aliphatic rings. The summed E-state index contributed by atoms with van der Waals surface area (Å²) >= 11 is 10.3. The van der Waals surface area contributed by atoms with E-state index >= 15 is 0 Å². The summed E-state index contributed by atoms with van der Waals surface area (Å²) in [5.74, 6) is 0.287. The van der Waals surface area contributed by atoms with Gasteiger partial charge in [-0.2, -0.15) is 15.4 Å². The summed E-state index contributed by atoms with van der Waals surface area (Å²) in [5.41, 5.74) is 8.28. The molecular weight excluding hydrogens is 784 g/mol. The SMILES string of the molecule is CC(C)(C)c1cc(-c2ccccc2O)cc(Br)n1.CC(C)(C)c1cc(-c2cn[nH]n2)cc(Br)n1.CCc1cc(Br)nc(C(C)(C)C)c1. The van der Waals surface area contributed by atoms with Gasteiger partial charge in [0.1, 0.15) is 25.3 Å². The normalized spacial score (nSPS) is 11.7. The van der Waals surface area contributed by atoms with Crippen molar-refractivity contribution in [2.24, 2.45) is 0 Å². The van der Waals surface area contributed by atoms with Crippen molar-refractivity contribution >= 4 is 47.8 Å². The van der Waals surface area contributed by atoms with E-state index in [0.29, 0.717) is 0 Å². The van der Waals surface area contributed by atoms with Gasteiger partial charge in [0.2, 0.25) is 0 Å². The van der Waals surface area contributed by atoms with Crippen molar-refractivity contribution in [3.8, 4) is 28.1 Å². The second-order valence-electron chi connectivity index (χ2n) is 14.3. The fourth-order valence-corrected chi connectivity index (χ4v) is 5.62. The molecule has 0 saturated carbocycles. The predicted octanol–water partition coefficient (Wildman–Crippen LogP) is 11.1. The lowest BCUT2D eigenvalue weighted by Crippen LogP contribution is -2.14. The topological polar surface area (TPSA) is 100 Å². The van der Waals surface area contributed by atoms with Crippen LogP contribution in [0.25, 0.3) is 22.4 Å². The van der Waals surface area contributed by atoms with Crippen LogP contribution in [-0.4, -0.2) is 35.5 Å². The van der Waals surface area contributed by atoms with E-state index in [1.165, 1.54) is 5.56 Å². The first-order chi connectivity index (χ1) is 21.8. The minimum atomic E-state index is -0.0249. The Balaban J connectivity index is 0.000000194. The molecule has 0 atom stereocenters. The van der Waals surface area contributed by atoms with Gasteiger partial charge in [-0.3, -0.25) is 0 Å². The average molecular weight is 830 g/mol. The first kappa shape index (κ1) is 38.5. The Morgan fingerprint density at radius 3 is 1.57 bits per heavy atom. The van der Waals surface area contributed by atoms with Crippen molar-refractivity contribution in [3.05, 3.63) is 103 Å². The third kappa shape index (κ3) is 11.6. The zero-order valence-electron chi connectivity index (χ0n) is 28.9. The molecule has 4 heterocycles. The lowest BCUT2D eigenvalue weighted by atomic mass is 9.90. The van der Waals surface area contributed by atoms with Crippen LogP contribution in [0.15, 0.2) is 80.7 Å². The molecule has 0 bridgehead atoms. The third-order valence-corrected chi connectivity index (χ3v) is 8.30. The van der Waals surface area contributed by atoms with Crippen LogP contribution in [0, 0.1) is 0 Å². The lowest BCUT2D eigenvalue weighted by molar-refractivity contribution is 0.477. The molecule has 250 valence electrons. The molecule has 5 aromatic rings. The highest BCUT2D eigenvalue weighted by atomic mass is 79.9. The van der Waals surface area contributed by atoms with Crippen LogP contribution in [-0.2, 0) is 22.7 Å². The van der Waals surface area contributed by atoms with Crippen molar-refractivity contribution in [1.29, 1.82) is 0 Å².